The van der Waals surface area contributed by atoms with Crippen LogP contribution in [0.3, 0.4) is 0 Å². The molecule has 1 amide bonds. The SMILES string of the molecule is CC[C@@H]1C(=O)N(C)c2cnc(Nc3cc(N4CCN(CC)CC4)ccc3OCCCOC(C)=O)nc2N1C1CCCC1. The first-order valence-electron chi connectivity index (χ1n) is 15.5. The van der Waals surface area contributed by atoms with Crippen molar-refractivity contribution in [2.24, 2.45) is 0 Å². The number of benzene rings is 1. The number of esters is 1. The van der Waals surface area contributed by atoms with Gasteiger partial charge in [-0.1, -0.05) is 26.7 Å². The highest BCUT2D eigenvalue weighted by molar-refractivity contribution is 6.04. The van der Waals surface area contributed by atoms with Gasteiger partial charge in [-0.15, -0.1) is 0 Å². The zero-order valence-corrected chi connectivity index (χ0v) is 25.5. The van der Waals surface area contributed by atoms with Gasteiger partial charge in [-0.05, 0) is 44.0 Å². The van der Waals surface area contributed by atoms with Gasteiger partial charge in [-0.2, -0.15) is 4.98 Å². The summed E-state index contributed by atoms with van der Waals surface area (Å²) in [5.74, 6) is 1.76. The lowest BCUT2D eigenvalue weighted by molar-refractivity contribution is -0.141. The molecule has 0 bridgehead atoms. The Morgan fingerprint density at radius 1 is 1.10 bits per heavy atom. The zero-order chi connectivity index (χ0) is 29.6. The average molecular weight is 580 g/mol. The highest BCUT2D eigenvalue weighted by atomic mass is 16.5. The summed E-state index contributed by atoms with van der Waals surface area (Å²) in [7, 11) is 1.82. The highest BCUT2D eigenvalue weighted by Crippen LogP contribution is 2.40. The minimum Gasteiger partial charge on any atom is -0.491 e. The third kappa shape index (κ3) is 6.56. The Hall–Kier alpha value is -3.60. The molecule has 0 spiro atoms. The van der Waals surface area contributed by atoms with Crippen LogP contribution in [0.25, 0.3) is 0 Å². The molecule has 0 radical (unpaired) electrons. The largest absolute Gasteiger partial charge is 0.491 e. The number of fused-ring (bicyclic) bond motifs is 1. The van der Waals surface area contributed by atoms with Crippen molar-refractivity contribution in [2.45, 2.75) is 71.4 Å². The lowest BCUT2D eigenvalue weighted by Gasteiger charge is -2.43. The van der Waals surface area contributed by atoms with E-state index in [1.807, 2.05) is 13.1 Å². The Labute approximate surface area is 249 Å². The topological polar surface area (TPSA) is 103 Å². The maximum atomic E-state index is 13.3. The summed E-state index contributed by atoms with van der Waals surface area (Å²) in [5.41, 5.74) is 2.63. The Morgan fingerprint density at radius 2 is 1.86 bits per heavy atom. The summed E-state index contributed by atoms with van der Waals surface area (Å²) >= 11 is 0. The van der Waals surface area contributed by atoms with Gasteiger partial charge in [0.2, 0.25) is 11.9 Å². The number of hydrogen-bond donors (Lipinski definition) is 1. The lowest BCUT2D eigenvalue weighted by Crippen LogP contribution is -2.55. The molecule has 5 rings (SSSR count). The molecule has 11 heteroatoms. The number of piperazine rings is 1. The lowest BCUT2D eigenvalue weighted by atomic mass is 10.0. The number of rotatable bonds is 11. The fraction of sp³-hybridized carbons (Fsp3) is 0.613. The summed E-state index contributed by atoms with van der Waals surface area (Å²) in [4.78, 5) is 42.9. The molecular weight excluding hydrogens is 534 g/mol. The minimum atomic E-state index is -0.293. The van der Waals surface area contributed by atoms with Crippen LogP contribution < -0.4 is 24.8 Å². The number of nitrogens with one attached hydrogen (secondary N) is 1. The maximum absolute atomic E-state index is 13.3. The van der Waals surface area contributed by atoms with Crippen LogP contribution in [0.5, 0.6) is 5.75 Å². The van der Waals surface area contributed by atoms with E-state index in [1.165, 1.54) is 19.8 Å². The van der Waals surface area contributed by atoms with Crippen molar-refractivity contribution in [1.29, 1.82) is 0 Å². The summed E-state index contributed by atoms with van der Waals surface area (Å²) in [5, 5.41) is 3.45. The van der Waals surface area contributed by atoms with Gasteiger partial charge in [0, 0.05) is 58.3 Å². The third-order valence-electron chi connectivity index (χ3n) is 8.66. The van der Waals surface area contributed by atoms with Gasteiger partial charge >= 0.3 is 5.97 Å². The van der Waals surface area contributed by atoms with Gasteiger partial charge in [0.15, 0.2) is 5.82 Å². The number of aromatic nitrogens is 2. The number of carbonyl (C=O) groups is 2. The molecule has 2 fully saturated rings. The quantitative estimate of drug-likeness (QED) is 0.308. The van der Waals surface area contributed by atoms with E-state index in [0.29, 0.717) is 37.4 Å². The first kappa shape index (κ1) is 29.9. The molecule has 2 aromatic rings. The molecule has 2 aliphatic heterocycles. The molecule has 1 atom stereocenters. The van der Waals surface area contributed by atoms with Crippen molar-refractivity contribution in [3.05, 3.63) is 24.4 Å². The van der Waals surface area contributed by atoms with E-state index < -0.39 is 0 Å². The Balaban J connectivity index is 1.42. The van der Waals surface area contributed by atoms with Crippen molar-refractivity contribution >= 4 is 40.7 Å². The van der Waals surface area contributed by atoms with E-state index in [9.17, 15) is 9.59 Å². The van der Waals surface area contributed by atoms with Crippen molar-refractivity contribution in [3.63, 3.8) is 0 Å². The number of anilines is 5. The van der Waals surface area contributed by atoms with Gasteiger partial charge in [0.25, 0.3) is 0 Å². The molecule has 1 N–H and O–H groups in total. The van der Waals surface area contributed by atoms with Crippen LogP contribution >= 0.6 is 0 Å². The molecule has 42 heavy (non-hydrogen) atoms. The number of nitrogens with zero attached hydrogens (tertiary/aromatic N) is 6. The van der Waals surface area contributed by atoms with E-state index in [-0.39, 0.29) is 17.9 Å². The van der Waals surface area contributed by atoms with Crippen molar-refractivity contribution < 1.29 is 19.1 Å². The fourth-order valence-corrected chi connectivity index (χ4v) is 6.28. The van der Waals surface area contributed by atoms with E-state index in [4.69, 9.17) is 14.5 Å². The molecule has 1 saturated heterocycles. The molecule has 1 aromatic heterocycles. The molecule has 3 aliphatic rings. The molecular formula is C31H45N7O4. The second-order valence-electron chi connectivity index (χ2n) is 11.3. The van der Waals surface area contributed by atoms with Crippen molar-refractivity contribution in [1.82, 2.24) is 14.9 Å². The number of amides is 1. The first-order chi connectivity index (χ1) is 20.4. The maximum Gasteiger partial charge on any atom is 0.302 e. The number of likely N-dealkylation sites (N-methyl/N-ethyl adjacent to an activating group) is 2. The van der Waals surface area contributed by atoms with E-state index in [2.05, 4.69) is 51.0 Å². The van der Waals surface area contributed by atoms with Crippen LogP contribution in [0.4, 0.5) is 28.8 Å². The predicted molar refractivity (Wildman–Crippen MR) is 165 cm³/mol. The molecule has 11 nitrogen and oxygen atoms in total. The third-order valence-corrected chi connectivity index (χ3v) is 8.66. The zero-order valence-electron chi connectivity index (χ0n) is 25.5. The average Bonchev–Trinajstić information content (AvgIpc) is 3.54. The monoisotopic (exact) mass is 579 g/mol. The van der Waals surface area contributed by atoms with Crippen LogP contribution in [-0.2, 0) is 14.3 Å². The summed E-state index contributed by atoms with van der Waals surface area (Å²) in [6, 6.07) is 6.25. The highest BCUT2D eigenvalue weighted by Gasteiger charge is 2.41. The number of carbonyl (C=O) groups excluding carboxylic acids is 2. The Morgan fingerprint density at radius 3 is 2.55 bits per heavy atom. The molecule has 228 valence electrons. The van der Waals surface area contributed by atoms with Crippen LogP contribution in [0, 0.1) is 0 Å². The summed E-state index contributed by atoms with van der Waals surface area (Å²) < 4.78 is 11.2. The van der Waals surface area contributed by atoms with E-state index in [1.54, 1.807) is 11.1 Å². The Bertz CT molecular complexity index is 1240. The smallest absolute Gasteiger partial charge is 0.302 e. The van der Waals surface area contributed by atoms with Crippen LogP contribution in [0.15, 0.2) is 24.4 Å². The Kier molecular flexibility index (Phi) is 9.66. The van der Waals surface area contributed by atoms with Crippen LogP contribution in [0.2, 0.25) is 0 Å². The normalized spacial score (nSPS) is 19.7. The van der Waals surface area contributed by atoms with Crippen molar-refractivity contribution in [3.8, 4) is 5.75 Å². The van der Waals surface area contributed by atoms with Gasteiger partial charge in [-0.3, -0.25) is 9.59 Å². The fourth-order valence-electron chi connectivity index (χ4n) is 6.28. The number of ether oxygens (including phenoxy) is 2. The second-order valence-corrected chi connectivity index (χ2v) is 11.3. The van der Waals surface area contributed by atoms with Gasteiger partial charge in [0.05, 0.1) is 25.1 Å². The molecule has 1 aromatic carbocycles. The van der Waals surface area contributed by atoms with Gasteiger partial charge in [-0.25, -0.2) is 4.98 Å². The molecule has 1 saturated carbocycles. The first-order valence-corrected chi connectivity index (χ1v) is 15.5. The summed E-state index contributed by atoms with van der Waals surface area (Å²) in [6.07, 6.45) is 7.55. The standard InChI is InChI=1S/C31H45N7O4/c1-5-26-30(40)35(4)27-21-32-31(34-29(27)38(26)23-10-7-8-11-23)33-25-20-24(37-16-14-36(6-2)15-17-37)12-13-28(25)42-19-9-18-41-22(3)39/h12-13,20-21,23,26H,5-11,14-19H2,1-4H3,(H,32,33,34)/t26-/m1/s1. The predicted octanol–water partition coefficient (Wildman–Crippen LogP) is 4.20. The minimum absolute atomic E-state index is 0.0986. The van der Waals surface area contributed by atoms with Crippen molar-refractivity contribution in [2.75, 3.05) is 73.0 Å². The van der Waals surface area contributed by atoms with Crippen LogP contribution in [0.1, 0.15) is 59.3 Å². The molecule has 0 unspecified atom stereocenters. The summed E-state index contributed by atoms with van der Waals surface area (Å²) in [6.45, 7) is 11.4. The van der Waals surface area contributed by atoms with E-state index >= 15 is 0 Å². The second kappa shape index (κ2) is 13.6. The number of hydrogen-bond acceptors (Lipinski definition) is 10. The van der Waals surface area contributed by atoms with Gasteiger partial charge in [0.1, 0.15) is 17.5 Å². The molecule has 3 heterocycles. The van der Waals surface area contributed by atoms with E-state index in [0.717, 1.165) is 74.9 Å². The van der Waals surface area contributed by atoms with Crippen LogP contribution in [-0.4, -0.2) is 91.8 Å². The molecule has 1 aliphatic carbocycles. The van der Waals surface area contributed by atoms with Gasteiger partial charge < -0.3 is 34.4 Å².